The maximum Gasteiger partial charge on any atom is 0.257 e. The highest BCUT2D eigenvalue weighted by Crippen LogP contribution is 2.27. The van der Waals surface area contributed by atoms with Gasteiger partial charge in [0.2, 0.25) is 5.43 Å². The molecular formula is C24H22N2O2S. The van der Waals surface area contributed by atoms with E-state index in [0.29, 0.717) is 5.39 Å². The highest BCUT2D eigenvalue weighted by Gasteiger charge is 2.21. The van der Waals surface area contributed by atoms with Crippen molar-refractivity contribution in [3.05, 3.63) is 104 Å². The van der Waals surface area contributed by atoms with Crippen LogP contribution in [0.3, 0.4) is 0 Å². The molecule has 2 aromatic carbocycles. The minimum absolute atomic E-state index is 0.118. The van der Waals surface area contributed by atoms with Gasteiger partial charge in [0, 0.05) is 22.0 Å². The number of rotatable bonds is 6. The number of aromatic nitrogens is 1. The number of thiophene rings is 1. The summed E-state index contributed by atoms with van der Waals surface area (Å²) >= 11 is 1.58. The summed E-state index contributed by atoms with van der Waals surface area (Å²) in [6.07, 6.45) is 3.62. The van der Waals surface area contributed by atoms with Gasteiger partial charge in [-0.1, -0.05) is 55.8 Å². The number of H-pyrrole nitrogens is 1. The molecule has 0 spiro atoms. The van der Waals surface area contributed by atoms with E-state index in [1.807, 2.05) is 29.6 Å². The third kappa shape index (κ3) is 4.00. The third-order valence-electron chi connectivity index (χ3n) is 4.99. The van der Waals surface area contributed by atoms with Crippen molar-refractivity contribution in [2.75, 3.05) is 0 Å². The first-order valence-electron chi connectivity index (χ1n) is 9.71. The van der Waals surface area contributed by atoms with E-state index in [9.17, 15) is 9.59 Å². The van der Waals surface area contributed by atoms with Crippen LogP contribution in [0.15, 0.2) is 77.0 Å². The largest absolute Gasteiger partial charge is 0.360 e. The first kappa shape index (κ1) is 19.2. The van der Waals surface area contributed by atoms with E-state index in [0.717, 1.165) is 28.8 Å². The second-order valence-electron chi connectivity index (χ2n) is 6.99. The standard InChI is InChI=1S/C24H22N2O2S/c1-2-6-16-10-12-17(13-11-16)22(21-9-5-14-29-21)26-24(28)19-15-25-20-8-4-3-7-18(20)23(19)27/h3-5,7-15,22H,2,6H2,1H3,(H,25,27)(H,26,28). The van der Waals surface area contributed by atoms with Crippen LogP contribution < -0.4 is 10.7 Å². The molecule has 0 aliphatic carbocycles. The zero-order chi connectivity index (χ0) is 20.2. The summed E-state index contributed by atoms with van der Waals surface area (Å²) < 4.78 is 0. The molecule has 4 rings (SSSR count). The molecule has 4 aromatic rings. The SMILES string of the molecule is CCCc1ccc(C(NC(=O)c2c[nH]c3ccccc3c2=O)c2cccs2)cc1. The van der Waals surface area contributed by atoms with E-state index < -0.39 is 0 Å². The van der Waals surface area contributed by atoms with Crippen LogP contribution >= 0.6 is 11.3 Å². The smallest absolute Gasteiger partial charge is 0.257 e. The Morgan fingerprint density at radius 3 is 2.59 bits per heavy atom. The zero-order valence-corrected chi connectivity index (χ0v) is 17.0. The average Bonchev–Trinajstić information content (AvgIpc) is 3.28. The molecule has 0 saturated heterocycles. The molecule has 2 heterocycles. The van der Waals surface area contributed by atoms with Gasteiger partial charge in [0.15, 0.2) is 0 Å². The van der Waals surface area contributed by atoms with Gasteiger partial charge >= 0.3 is 0 Å². The maximum atomic E-state index is 13.0. The highest BCUT2D eigenvalue weighted by molar-refractivity contribution is 7.10. The number of fused-ring (bicyclic) bond motifs is 1. The van der Waals surface area contributed by atoms with Crippen LogP contribution in [0.5, 0.6) is 0 Å². The highest BCUT2D eigenvalue weighted by atomic mass is 32.1. The average molecular weight is 403 g/mol. The Balaban J connectivity index is 1.67. The van der Waals surface area contributed by atoms with Gasteiger partial charge in [-0.3, -0.25) is 9.59 Å². The lowest BCUT2D eigenvalue weighted by Gasteiger charge is -2.18. The number of hydrogen-bond acceptors (Lipinski definition) is 3. The fourth-order valence-corrected chi connectivity index (χ4v) is 4.29. The summed E-state index contributed by atoms with van der Waals surface area (Å²) in [6.45, 7) is 2.16. The lowest BCUT2D eigenvalue weighted by Crippen LogP contribution is -2.32. The minimum Gasteiger partial charge on any atom is -0.360 e. The summed E-state index contributed by atoms with van der Waals surface area (Å²) in [6, 6.07) is 19.2. The topological polar surface area (TPSA) is 62.0 Å². The van der Waals surface area contributed by atoms with Crippen LogP contribution in [0, 0.1) is 0 Å². The van der Waals surface area contributed by atoms with Gasteiger partial charge in [0.05, 0.1) is 6.04 Å². The number of aryl methyl sites for hydroxylation is 1. The fraction of sp³-hybridized carbons (Fsp3) is 0.167. The number of para-hydroxylation sites is 1. The molecule has 4 nitrogen and oxygen atoms in total. The first-order chi connectivity index (χ1) is 14.2. The quantitative estimate of drug-likeness (QED) is 0.473. The van der Waals surface area contributed by atoms with Gasteiger partial charge in [0.25, 0.3) is 5.91 Å². The molecule has 2 aromatic heterocycles. The van der Waals surface area contributed by atoms with Crippen LogP contribution in [-0.2, 0) is 6.42 Å². The Morgan fingerprint density at radius 2 is 1.86 bits per heavy atom. The number of carbonyl (C=O) groups excluding carboxylic acids is 1. The van der Waals surface area contributed by atoms with Crippen LogP contribution in [0.1, 0.15) is 45.7 Å². The molecule has 0 radical (unpaired) electrons. The number of aromatic amines is 1. The molecule has 0 aliphatic rings. The van der Waals surface area contributed by atoms with Gasteiger partial charge in [-0.2, -0.15) is 0 Å². The molecule has 0 fully saturated rings. The summed E-state index contributed by atoms with van der Waals surface area (Å²) in [5, 5.41) is 5.56. The molecule has 0 bridgehead atoms. The Kier molecular flexibility index (Phi) is 5.58. The van der Waals surface area contributed by atoms with Crippen molar-refractivity contribution in [3.8, 4) is 0 Å². The van der Waals surface area contributed by atoms with Crippen molar-refractivity contribution in [2.24, 2.45) is 0 Å². The number of carbonyl (C=O) groups is 1. The minimum atomic E-state index is -0.381. The lowest BCUT2D eigenvalue weighted by molar-refractivity contribution is 0.0942. The molecular weight excluding hydrogens is 380 g/mol. The predicted octanol–water partition coefficient (Wildman–Crippen LogP) is 5.06. The van der Waals surface area contributed by atoms with Crippen molar-refractivity contribution in [1.29, 1.82) is 0 Å². The van der Waals surface area contributed by atoms with E-state index in [1.165, 1.54) is 11.8 Å². The second-order valence-corrected chi connectivity index (χ2v) is 7.97. The molecule has 1 amide bonds. The van der Waals surface area contributed by atoms with Crippen LogP contribution in [0.4, 0.5) is 0 Å². The van der Waals surface area contributed by atoms with E-state index in [2.05, 4.69) is 41.5 Å². The summed E-state index contributed by atoms with van der Waals surface area (Å²) in [7, 11) is 0. The monoisotopic (exact) mass is 402 g/mol. The van der Waals surface area contributed by atoms with Gasteiger partial charge in [-0.05, 0) is 41.1 Å². The molecule has 1 unspecified atom stereocenters. The summed E-state index contributed by atoms with van der Waals surface area (Å²) in [4.78, 5) is 29.9. The van der Waals surface area contributed by atoms with E-state index in [-0.39, 0.29) is 22.9 Å². The number of pyridine rings is 1. The molecule has 2 N–H and O–H groups in total. The molecule has 5 heteroatoms. The number of benzene rings is 2. The van der Waals surface area contributed by atoms with Gasteiger partial charge in [-0.25, -0.2) is 0 Å². The number of hydrogen-bond donors (Lipinski definition) is 2. The van der Waals surface area contributed by atoms with Crippen LogP contribution in [0.2, 0.25) is 0 Å². The normalized spacial score (nSPS) is 12.0. The first-order valence-corrected chi connectivity index (χ1v) is 10.6. The van der Waals surface area contributed by atoms with Crippen molar-refractivity contribution >= 4 is 28.1 Å². The Bertz CT molecular complexity index is 1180. The third-order valence-corrected chi connectivity index (χ3v) is 5.92. The Hall–Kier alpha value is -3.18. The van der Waals surface area contributed by atoms with Gasteiger partial charge < -0.3 is 10.3 Å². The molecule has 0 saturated carbocycles. The van der Waals surface area contributed by atoms with E-state index in [1.54, 1.807) is 23.5 Å². The van der Waals surface area contributed by atoms with Crippen LogP contribution in [-0.4, -0.2) is 10.9 Å². The van der Waals surface area contributed by atoms with Crippen LogP contribution in [0.25, 0.3) is 10.9 Å². The van der Waals surface area contributed by atoms with E-state index >= 15 is 0 Å². The molecule has 1 atom stereocenters. The van der Waals surface area contributed by atoms with Gasteiger partial charge in [-0.15, -0.1) is 11.3 Å². The van der Waals surface area contributed by atoms with E-state index in [4.69, 9.17) is 0 Å². The van der Waals surface area contributed by atoms with Gasteiger partial charge in [0.1, 0.15) is 5.56 Å². The summed E-state index contributed by atoms with van der Waals surface area (Å²) in [5.41, 5.74) is 2.85. The van der Waals surface area contributed by atoms with Crippen molar-refractivity contribution in [1.82, 2.24) is 10.3 Å². The van der Waals surface area contributed by atoms with Crippen molar-refractivity contribution in [2.45, 2.75) is 25.8 Å². The molecule has 146 valence electrons. The Morgan fingerprint density at radius 1 is 1.07 bits per heavy atom. The number of nitrogens with one attached hydrogen (secondary N) is 2. The lowest BCUT2D eigenvalue weighted by atomic mass is 10.0. The fourth-order valence-electron chi connectivity index (χ4n) is 3.48. The maximum absolute atomic E-state index is 13.0. The zero-order valence-electron chi connectivity index (χ0n) is 16.1. The van der Waals surface area contributed by atoms with Crippen molar-refractivity contribution < 1.29 is 4.79 Å². The predicted molar refractivity (Wildman–Crippen MR) is 119 cm³/mol. The van der Waals surface area contributed by atoms with Crippen molar-refractivity contribution in [3.63, 3.8) is 0 Å². The molecule has 0 aliphatic heterocycles. The summed E-state index contributed by atoms with van der Waals surface area (Å²) in [5.74, 6) is -0.381. The number of amides is 1. The Labute approximate surface area is 173 Å². The second kappa shape index (κ2) is 8.45. The molecule has 29 heavy (non-hydrogen) atoms.